The van der Waals surface area contributed by atoms with Gasteiger partial charge in [-0.05, 0) is 0 Å². The lowest BCUT2D eigenvalue weighted by Gasteiger charge is -2.01. The highest BCUT2D eigenvalue weighted by atomic mass is 35.5. The summed E-state index contributed by atoms with van der Waals surface area (Å²) in [5.74, 6) is 0.709. The second kappa shape index (κ2) is 5.89. The van der Waals surface area contributed by atoms with Crippen LogP contribution in [0.1, 0.15) is 0 Å². The molecule has 0 fully saturated rings. The van der Waals surface area contributed by atoms with Crippen molar-refractivity contribution in [3.63, 3.8) is 0 Å². The third-order valence-electron chi connectivity index (χ3n) is 1.53. The maximum atomic E-state index is 10.4. The highest BCUT2D eigenvalue weighted by Crippen LogP contribution is 2.27. The number of thioether (sulfide) groups is 1. The van der Waals surface area contributed by atoms with Gasteiger partial charge in [0.2, 0.25) is 0 Å². The summed E-state index contributed by atoms with van der Waals surface area (Å²) < 4.78 is 4.87. The Kier molecular flexibility index (Phi) is 4.80. The smallest absolute Gasteiger partial charge is 0.289 e. The maximum absolute atomic E-state index is 10.4. The topological polar surface area (TPSA) is 65.3 Å². The van der Waals surface area contributed by atoms with E-state index in [9.17, 15) is 10.1 Å². The van der Waals surface area contributed by atoms with Gasteiger partial charge in [0, 0.05) is 18.9 Å². The first-order chi connectivity index (χ1) is 7.15. The molecule has 15 heavy (non-hydrogen) atoms. The number of hydrogen-bond donors (Lipinski definition) is 0. The van der Waals surface area contributed by atoms with Crippen LogP contribution in [0.25, 0.3) is 0 Å². The van der Waals surface area contributed by atoms with Crippen LogP contribution in [0.2, 0.25) is 5.02 Å². The number of rotatable bonds is 5. The summed E-state index contributed by atoms with van der Waals surface area (Å²) in [4.78, 5) is 13.8. The Morgan fingerprint density at radius 1 is 1.73 bits per heavy atom. The van der Waals surface area contributed by atoms with E-state index in [1.54, 1.807) is 7.11 Å². The number of nitrogens with zero attached hydrogens (tertiary/aromatic N) is 2. The lowest BCUT2D eigenvalue weighted by Crippen LogP contribution is -1.94. The molecule has 1 aromatic heterocycles. The number of nitro groups is 1. The number of ether oxygens (including phenoxy) is 1. The van der Waals surface area contributed by atoms with Crippen molar-refractivity contribution in [2.24, 2.45) is 0 Å². The fraction of sp³-hybridized carbons (Fsp3) is 0.375. The quantitative estimate of drug-likeness (QED) is 0.346. The monoisotopic (exact) mass is 248 g/mol. The van der Waals surface area contributed by atoms with Crippen LogP contribution in [-0.2, 0) is 4.74 Å². The molecule has 0 spiro atoms. The molecule has 0 bridgehead atoms. The van der Waals surface area contributed by atoms with Crippen LogP contribution < -0.4 is 0 Å². The Balaban J connectivity index is 2.70. The van der Waals surface area contributed by atoms with E-state index in [4.69, 9.17) is 16.3 Å². The van der Waals surface area contributed by atoms with Crippen molar-refractivity contribution in [1.82, 2.24) is 4.98 Å². The fourth-order valence-corrected chi connectivity index (χ4v) is 1.93. The van der Waals surface area contributed by atoms with Gasteiger partial charge in [0.15, 0.2) is 0 Å². The van der Waals surface area contributed by atoms with E-state index in [2.05, 4.69) is 4.98 Å². The molecule has 1 heterocycles. The normalized spacial score (nSPS) is 10.3. The molecule has 0 aliphatic carbocycles. The SMILES string of the molecule is COCCSc1ncc([N+](=O)[O-])cc1Cl. The fourth-order valence-electron chi connectivity index (χ4n) is 0.843. The molecule has 5 nitrogen and oxygen atoms in total. The molecule has 0 aromatic carbocycles. The first-order valence-electron chi connectivity index (χ1n) is 4.07. The Bertz CT molecular complexity index is 362. The third kappa shape index (κ3) is 3.65. The zero-order valence-electron chi connectivity index (χ0n) is 7.97. The first kappa shape index (κ1) is 12.2. The van der Waals surface area contributed by atoms with Crippen molar-refractivity contribution in [2.45, 2.75) is 5.03 Å². The summed E-state index contributed by atoms with van der Waals surface area (Å²) >= 11 is 7.23. The van der Waals surface area contributed by atoms with Gasteiger partial charge in [-0.3, -0.25) is 10.1 Å². The van der Waals surface area contributed by atoms with Gasteiger partial charge >= 0.3 is 0 Å². The number of pyridine rings is 1. The van der Waals surface area contributed by atoms with Gasteiger partial charge in [-0.1, -0.05) is 11.6 Å². The van der Waals surface area contributed by atoms with Crippen LogP contribution in [-0.4, -0.2) is 29.4 Å². The van der Waals surface area contributed by atoms with E-state index in [0.717, 1.165) is 0 Å². The van der Waals surface area contributed by atoms with E-state index >= 15 is 0 Å². The first-order valence-corrected chi connectivity index (χ1v) is 5.43. The van der Waals surface area contributed by atoms with Gasteiger partial charge in [-0.25, -0.2) is 4.98 Å². The van der Waals surface area contributed by atoms with Gasteiger partial charge in [-0.15, -0.1) is 11.8 Å². The molecule has 0 aliphatic rings. The Morgan fingerprint density at radius 2 is 2.47 bits per heavy atom. The van der Waals surface area contributed by atoms with Gasteiger partial charge in [0.1, 0.15) is 11.2 Å². The van der Waals surface area contributed by atoms with Crippen LogP contribution in [0.15, 0.2) is 17.3 Å². The van der Waals surface area contributed by atoms with E-state index in [1.165, 1.54) is 24.0 Å². The molecule has 0 saturated carbocycles. The van der Waals surface area contributed by atoms with Crippen LogP contribution in [0, 0.1) is 10.1 Å². The average molecular weight is 249 g/mol. The zero-order valence-corrected chi connectivity index (χ0v) is 9.55. The van der Waals surface area contributed by atoms with E-state index in [1.807, 2.05) is 0 Å². The lowest BCUT2D eigenvalue weighted by molar-refractivity contribution is -0.385. The average Bonchev–Trinajstić information content (AvgIpc) is 2.20. The highest BCUT2D eigenvalue weighted by molar-refractivity contribution is 7.99. The third-order valence-corrected chi connectivity index (χ3v) is 2.90. The van der Waals surface area contributed by atoms with Crippen LogP contribution in [0.4, 0.5) is 5.69 Å². The standard InChI is InChI=1S/C8H9ClN2O3S/c1-14-2-3-15-8-7(9)4-6(5-10-8)11(12)13/h4-5H,2-3H2,1H3. The summed E-state index contributed by atoms with van der Waals surface area (Å²) in [6, 6.07) is 1.30. The number of methoxy groups -OCH3 is 1. The highest BCUT2D eigenvalue weighted by Gasteiger charge is 2.10. The predicted molar refractivity (Wildman–Crippen MR) is 58.5 cm³/mol. The molecule has 0 aliphatic heterocycles. The number of halogens is 1. The van der Waals surface area contributed by atoms with E-state index in [-0.39, 0.29) is 5.69 Å². The maximum Gasteiger partial charge on any atom is 0.289 e. The van der Waals surface area contributed by atoms with Crippen molar-refractivity contribution in [3.05, 3.63) is 27.4 Å². The predicted octanol–water partition coefficient (Wildman–Crippen LogP) is 2.38. The molecule has 0 N–H and O–H groups in total. The minimum Gasteiger partial charge on any atom is -0.384 e. The summed E-state index contributed by atoms with van der Waals surface area (Å²) in [6.07, 6.45) is 1.20. The Hall–Kier alpha value is -0.850. The Labute approximate surface area is 95.9 Å². The molecule has 1 rings (SSSR count). The zero-order chi connectivity index (χ0) is 11.3. The van der Waals surface area contributed by atoms with Crippen LogP contribution in [0.5, 0.6) is 0 Å². The molecule has 0 amide bonds. The van der Waals surface area contributed by atoms with Gasteiger partial charge in [0.25, 0.3) is 5.69 Å². The van der Waals surface area contributed by atoms with Crippen molar-refractivity contribution in [1.29, 1.82) is 0 Å². The number of aromatic nitrogens is 1. The van der Waals surface area contributed by atoms with E-state index in [0.29, 0.717) is 22.4 Å². The minimum absolute atomic E-state index is 0.101. The van der Waals surface area contributed by atoms with Crippen molar-refractivity contribution in [3.8, 4) is 0 Å². The molecule has 7 heteroatoms. The molecule has 82 valence electrons. The largest absolute Gasteiger partial charge is 0.384 e. The summed E-state index contributed by atoms with van der Waals surface area (Å²) in [5.41, 5.74) is -0.101. The van der Waals surface area contributed by atoms with Crippen molar-refractivity contribution >= 4 is 29.1 Å². The molecule has 0 unspecified atom stereocenters. The van der Waals surface area contributed by atoms with Crippen molar-refractivity contribution < 1.29 is 9.66 Å². The summed E-state index contributed by atoms with van der Waals surface area (Å²) in [6.45, 7) is 0.583. The van der Waals surface area contributed by atoms with Gasteiger partial charge in [0.05, 0.1) is 16.6 Å². The summed E-state index contributed by atoms with van der Waals surface area (Å²) in [7, 11) is 1.60. The molecule has 0 radical (unpaired) electrons. The minimum atomic E-state index is -0.525. The van der Waals surface area contributed by atoms with Gasteiger partial charge in [-0.2, -0.15) is 0 Å². The molecular formula is C8H9ClN2O3S. The van der Waals surface area contributed by atoms with Crippen LogP contribution in [0.3, 0.4) is 0 Å². The van der Waals surface area contributed by atoms with Crippen molar-refractivity contribution in [2.75, 3.05) is 19.5 Å². The van der Waals surface area contributed by atoms with Gasteiger partial charge < -0.3 is 4.74 Å². The van der Waals surface area contributed by atoms with E-state index < -0.39 is 4.92 Å². The van der Waals surface area contributed by atoms with Crippen LogP contribution >= 0.6 is 23.4 Å². The molecule has 1 aromatic rings. The second-order valence-corrected chi connectivity index (χ2v) is 4.07. The molecule has 0 saturated heterocycles. The molecular weight excluding hydrogens is 240 g/mol. The second-order valence-electron chi connectivity index (χ2n) is 2.58. The summed E-state index contributed by atoms with van der Waals surface area (Å²) in [5, 5.41) is 11.3. The Morgan fingerprint density at radius 3 is 3.00 bits per heavy atom. The number of hydrogen-bond acceptors (Lipinski definition) is 5. The molecule has 0 atom stereocenters. The lowest BCUT2D eigenvalue weighted by atomic mass is 10.4.